The number of benzene rings is 1. The summed E-state index contributed by atoms with van der Waals surface area (Å²) in [5.74, 6) is 0.653. The molecule has 82 valence electrons. The van der Waals surface area contributed by atoms with E-state index < -0.39 is 7.60 Å². The molecule has 4 nitrogen and oxygen atoms in total. The Morgan fingerprint density at radius 1 is 1.33 bits per heavy atom. The first kappa shape index (κ1) is 12.0. The van der Waals surface area contributed by atoms with Gasteiger partial charge < -0.3 is 14.5 Å². The largest absolute Gasteiger partial charge is 0.497 e. The van der Waals surface area contributed by atoms with Crippen LogP contribution in [0.25, 0.3) is 5.31 Å². The fraction of sp³-hybridized carbons (Fsp3) is 0.200. The molecule has 1 aromatic rings. The maximum atomic E-state index is 11.1. The highest BCUT2D eigenvalue weighted by atomic mass is 31.2. The van der Waals surface area contributed by atoms with Crippen LogP contribution < -0.4 is 4.74 Å². The topological polar surface area (TPSA) is 66.8 Å². The first-order valence-corrected chi connectivity index (χ1v) is 5.97. The minimum absolute atomic E-state index is 0.0325. The van der Waals surface area contributed by atoms with Gasteiger partial charge in [-0.25, -0.2) is 0 Å². The summed E-state index contributed by atoms with van der Waals surface area (Å²) < 4.78 is 16.1. The van der Waals surface area contributed by atoms with Crippen molar-refractivity contribution in [2.24, 2.45) is 0 Å². The van der Waals surface area contributed by atoms with Gasteiger partial charge in [0.15, 0.2) is 0 Å². The molecule has 2 N–H and O–H groups in total. The lowest BCUT2D eigenvalue weighted by Gasteiger charge is -2.09. The molecule has 0 heterocycles. The van der Waals surface area contributed by atoms with Crippen LogP contribution in [0.15, 0.2) is 30.3 Å². The van der Waals surface area contributed by atoms with Crippen molar-refractivity contribution in [2.45, 2.75) is 6.92 Å². The van der Waals surface area contributed by atoms with Gasteiger partial charge in [-0.05, 0) is 24.6 Å². The van der Waals surface area contributed by atoms with E-state index in [1.807, 2.05) is 0 Å². The summed E-state index contributed by atoms with van der Waals surface area (Å²) in [7, 11) is -2.66. The van der Waals surface area contributed by atoms with Gasteiger partial charge in [-0.2, -0.15) is 0 Å². The van der Waals surface area contributed by atoms with E-state index in [1.165, 1.54) is 13.2 Å². The molecule has 0 radical (unpaired) electrons. The van der Waals surface area contributed by atoms with Crippen LogP contribution in [-0.4, -0.2) is 16.9 Å². The van der Waals surface area contributed by atoms with Crippen LogP contribution in [0.2, 0.25) is 0 Å². The molecule has 0 aliphatic carbocycles. The molecule has 0 unspecified atom stereocenters. The molecule has 5 heteroatoms. The Morgan fingerprint density at radius 2 is 1.87 bits per heavy atom. The molecule has 0 aliphatic heterocycles. The molecular weight excluding hydrogens is 215 g/mol. The van der Waals surface area contributed by atoms with Gasteiger partial charge in [0.05, 0.1) is 12.4 Å². The van der Waals surface area contributed by atoms with Gasteiger partial charge in [0.2, 0.25) is 0 Å². The van der Waals surface area contributed by atoms with Crippen molar-refractivity contribution in [1.29, 1.82) is 0 Å². The van der Waals surface area contributed by atoms with E-state index in [2.05, 4.69) is 0 Å². The molecule has 0 fully saturated rings. The summed E-state index contributed by atoms with van der Waals surface area (Å²) >= 11 is 0. The smallest absolute Gasteiger partial charge is 0.356 e. The molecule has 0 spiro atoms. The molecule has 15 heavy (non-hydrogen) atoms. The molecular formula is C10H13O4P. The second-order valence-corrected chi connectivity index (χ2v) is 4.52. The monoisotopic (exact) mass is 228 g/mol. The second kappa shape index (κ2) is 4.62. The third kappa shape index (κ3) is 2.93. The third-order valence-electron chi connectivity index (χ3n) is 1.97. The maximum Gasteiger partial charge on any atom is 0.356 e. The van der Waals surface area contributed by atoms with E-state index in [4.69, 9.17) is 14.5 Å². The Labute approximate surface area is 88.4 Å². The minimum Gasteiger partial charge on any atom is -0.497 e. The summed E-state index contributed by atoms with van der Waals surface area (Å²) in [6.07, 6.45) is 1.42. The van der Waals surface area contributed by atoms with E-state index in [0.717, 1.165) is 0 Å². The van der Waals surface area contributed by atoms with Gasteiger partial charge in [0.25, 0.3) is 0 Å². The molecule has 0 saturated heterocycles. The molecule has 0 atom stereocenters. The van der Waals surface area contributed by atoms with Crippen molar-refractivity contribution in [3.63, 3.8) is 0 Å². The van der Waals surface area contributed by atoms with E-state index in [1.54, 1.807) is 31.2 Å². The summed E-state index contributed by atoms with van der Waals surface area (Å²) in [5.41, 5.74) is 0.506. The zero-order valence-corrected chi connectivity index (χ0v) is 9.44. The summed E-state index contributed by atoms with van der Waals surface area (Å²) in [6.45, 7) is 1.60. The molecule has 0 bridgehead atoms. The predicted octanol–water partition coefficient (Wildman–Crippen LogP) is 2.23. The molecule has 0 aromatic heterocycles. The minimum atomic E-state index is -4.20. The zero-order valence-electron chi connectivity index (χ0n) is 8.54. The van der Waals surface area contributed by atoms with Crippen LogP contribution in [0, 0.1) is 0 Å². The van der Waals surface area contributed by atoms with E-state index >= 15 is 0 Å². The summed E-state index contributed by atoms with van der Waals surface area (Å²) in [5, 5.41) is 0.0325. The fourth-order valence-electron chi connectivity index (χ4n) is 1.26. The molecule has 0 amide bonds. The quantitative estimate of drug-likeness (QED) is 0.778. The Balaban J connectivity index is 3.11. The highest BCUT2D eigenvalue weighted by Gasteiger charge is 2.21. The average molecular weight is 228 g/mol. The van der Waals surface area contributed by atoms with Gasteiger partial charge in [-0.1, -0.05) is 18.2 Å². The number of rotatable bonds is 3. The van der Waals surface area contributed by atoms with Gasteiger partial charge in [-0.15, -0.1) is 0 Å². The van der Waals surface area contributed by atoms with Gasteiger partial charge in [0, 0.05) is 0 Å². The van der Waals surface area contributed by atoms with Crippen molar-refractivity contribution >= 4 is 12.9 Å². The van der Waals surface area contributed by atoms with Crippen molar-refractivity contribution in [2.75, 3.05) is 7.11 Å². The molecule has 0 aliphatic rings. The van der Waals surface area contributed by atoms with Crippen LogP contribution >= 0.6 is 7.60 Å². The Kier molecular flexibility index (Phi) is 3.69. The number of allylic oxidation sites excluding steroid dienone is 1. The maximum absolute atomic E-state index is 11.1. The zero-order chi connectivity index (χ0) is 11.5. The first-order chi connectivity index (χ1) is 6.99. The summed E-state index contributed by atoms with van der Waals surface area (Å²) in [6, 6.07) is 6.56. The standard InChI is InChI=1S/C10H13O4P/c1-3-10(15(11,12)13)8-4-6-9(14-2)7-5-8/h3-7H,1-2H3,(H2,11,12,13). The van der Waals surface area contributed by atoms with Crippen molar-refractivity contribution < 1.29 is 19.1 Å². The van der Waals surface area contributed by atoms with Gasteiger partial charge in [-0.3, -0.25) is 4.57 Å². The van der Waals surface area contributed by atoms with Crippen LogP contribution in [0.1, 0.15) is 12.5 Å². The average Bonchev–Trinajstić information content (AvgIpc) is 2.18. The van der Waals surface area contributed by atoms with Crippen LogP contribution in [0.3, 0.4) is 0 Å². The highest BCUT2D eigenvalue weighted by molar-refractivity contribution is 7.63. The molecule has 0 saturated carbocycles. The van der Waals surface area contributed by atoms with E-state index in [9.17, 15) is 4.57 Å². The normalized spacial score (nSPS) is 12.7. The highest BCUT2D eigenvalue weighted by Crippen LogP contribution is 2.50. The Bertz CT molecular complexity index is 402. The van der Waals surface area contributed by atoms with Crippen LogP contribution in [0.4, 0.5) is 0 Å². The lowest BCUT2D eigenvalue weighted by molar-refractivity contribution is 0.388. The fourth-order valence-corrected chi connectivity index (χ4v) is 2.09. The van der Waals surface area contributed by atoms with Crippen molar-refractivity contribution in [3.05, 3.63) is 35.9 Å². The van der Waals surface area contributed by atoms with Crippen molar-refractivity contribution in [3.8, 4) is 5.75 Å². The van der Waals surface area contributed by atoms with Gasteiger partial charge >= 0.3 is 7.60 Å². The van der Waals surface area contributed by atoms with Gasteiger partial charge in [0.1, 0.15) is 5.75 Å². The molecule has 1 aromatic carbocycles. The van der Waals surface area contributed by atoms with E-state index in [-0.39, 0.29) is 5.31 Å². The lowest BCUT2D eigenvalue weighted by atomic mass is 10.2. The number of methoxy groups -OCH3 is 1. The predicted molar refractivity (Wildman–Crippen MR) is 58.7 cm³/mol. The Morgan fingerprint density at radius 3 is 2.20 bits per heavy atom. The molecule has 1 rings (SSSR count). The first-order valence-electron chi connectivity index (χ1n) is 4.36. The van der Waals surface area contributed by atoms with Crippen LogP contribution in [0.5, 0.6) is 5.75 Å². The summed E-state index contributed by atoms with van der Waals surface area (Å²) in [4.78, 5) is 18.1. The van der Waals surface area contributed by atoms with E-state index in [0.29, 0.717) is 11.3 Å². The van der Waals surface area contributed by atoms with Crippen molar-refractivity contribution in [1.82, 2.24) is 0 Å². The second-order valence-electron chi connectivity index (χ2n) is 2.95. The number of hydrogen-bond acceptors (Lipinski definition) is 2. The third-order valence-corrected chi connectivity index (χ3v) is 3.12. The SMILES string of the molecule is CC=C(c1ccc(OC)cc1)P(=O)(O)O. The number of ether oxygens (including phenoxy) is 1. The lowest BCUT2D eigenvalue weighted by Crippen LogP contribution is -1.87. The number of hydrogen-bond donors (Lipinski definition) is 2. The Hall–Kier alpha value is -1.09. The van der Waals surface area contributed by atoms with Crippen LogP contribution in [-0.2, 0) is 4.57 Å².